The highest BCUT2D eigenvalue weighted by Crippen LogP contribution is 2.43. The number of hydrogen-bond acceptors (Lipinski definition) is 10. The molecule has 2 aromatic heterocycles. The van der Waals surface area contributed by atoms with Crippen molar-refractivity contribution < 1.29 is 23.8 Å². The van der Waals surface area contributed by atoms with Crippen LogP contribution in [-0.2, 0) is 16.1 Å². The minimum atomic E-state index is -0.0849. The minimum absolute atomic E-state index is 0.0772. The van der Waals surface area contributed by atoms with Gasteiger partial charge < -0.3 is 30.2 Å². The third kappa shape index (κ3) is 6.16. The summed E-state index contributed by atoms with van der Waals surface area (Å²) < 4.78 is 17.7. The maximum Gasteiger partial charge on any atom is 0.237 e. The highest BCUT2D eigenvalue weighted by Gasteiger charge is 2.47. The van der Waals surface area contributed by atoms with Gasteiger partial charge in [-0.15, -0.1) is 0 Å². The summed E-state index contributed by atoms with van der Waals surface area (Å²) in [4.78, 5) is 40.4. The monoisotopic (exact) mass is 689 g/mol. The number of nitrogens with zero attached hydrogens (tertiary/aromatic N) is 4. The number of carbonyl (C=O) groups is 2. The average Bonchev–Trinajstić information content (AvgIpc) is 3.85. The van der Waals surface area contributed by atoms with E-state index in [0.717, 1.165) is 87.7 Å². The number of aromatic nitrogens is 3. The van der Waals surface area contributed by atoms with Gasteiger partial charge in [0.1, 0.15) is 18.1 Å². The van der Waals surface area contributed by atoms with E-state index in [1.165, 1.54) is 0 Å². The summed E-state index contributed by atoms with van der Waals surface area (Å²) in [6.45, 7) is 7.60. The minimum Gasteiger partial charge on any atom is -0.491 e. The van der Waals surface area contributed by atoms with Crippen LogP contribution in [0, 0.1) is 13.8 Å². The second-order valence-electron chi connectivity index (χ2n) is 14.1. The topological polar surface area (TPSA) is 140 Å². The Morgan fingerprint density at radius 1 is 0.922 bits per heavy atom. The Balaban J connectivity index is 1.04. The van der Waals surface area contributed by atoms with Crippen molar-refractivity contribution in [3.05, 3.63) is 71.0 Å². The lowest BCUT2D eigenvalue weighted by Crippen LogP contribution is -2.66. The molecule has 2 aromatic carbocycles. The van der Waals surface area contributed by atoms with Gasteiger partial charge in [0, 0.05) is 62.3 Å². The van der Waals surface area contributed by atoms with Crippen molar-refractivity contribution in [2.75, 3.05) is 40.5 Å². The molecule has 12 heteroatoms. The number of nitrogens with one attached hydrogen (secondary N) is 3. The van der Waals surface area contributed by atoms with E-state index in [1.54, 1.807) is 14.2 Å². The van der Waals surface area contributed by atoms with Gasteiger partial charge in [-0.2, -0.15) is 0 Å². The Hall–Kier alpha value is -5.07. The Labute approximate surface area is 297 Å². The van der Waals surface area contributed by atoms with Crippen LogP contribution in [0.1, 0.15) is 54.1 Å². The highest BCUT2D eigenvalue weighted by atomic mass is 16.5. The fourth-order valence-electron chi connectivity index (χ4n) is 8.13. The number of hydrogen-bond donors (Lipinski definition) is 3. The molecule has 3 saturated heterocycles. The van der Waals surface area contributed by atoms with E-state index in [0.29, 0.717) is 44.3 Å². The first-order valence-corrected chi connectivity index (χ1v) is 17.6. The zero-order valence-electron chi connectivity index (χ0n) is 29.5. The Morgan fingerprint density at radius 2 is 1.61 bits per heavy atom. The van der Waals surface area contributed by atoms with Gasteiger partial charge in [0.2, 0.25) is 23.6 Å². The molecule has 2 unspecified atom stereocenters. The SMILES string of the molecule is COc1nc(-c2cccc(-c3cccc(-c4cc5c(c(OC)n4)C(NCC4CCC(=O)N4)CO5)c3C)c2C)cnc1CN1CC2(CCC(=O)N2)C1. The molecule has 0 saturated carbocycles. The van der Waals surface area contributed by atoms with Crippen LogP contribution in [0.4, 0.5) is 0 Å². The number of ether oxygens (including phenoxy) is 3. The fraction of sp³-hybridized carbons (Fsp3) is 0.410. The molecular formula is C39H43N7O5. The summed E-state index contributed by atoms with van der Waals surface area (Å²) in [7, 11) is 3.27. The van der Waals surface area contributed by atoms with Gasteiger partial charge in [-0.3, -0.25) is 19.5 Å². The van der Waals surface area contributed by atoms with Gasteiger partial charge in [-0.05, 0) is 48.9 Å². The van der Waals surface area contributed by atoms with E-state index in [1.807, 2.05) is 12.3 Å². The molecule has 51 heavy (non-hydrogen) atoms. The zero-order chi connectivity index (χ0) is 35.3. The third-order valence-electron chi connectivity index (χ3n) is 10.8. The molecule has 4 aliphatic heterocycles. The number of carbonyl (C=O) groups excluding carboxylic acids is 2. The molecule has 0 aliphatic carbocycles. The van der Waals surface area contributed by atoms with Gasteiger partial charge in [0.25, 0.3) is 0 Å². The summed E-state index contributed by atoms with van der Waals surface area (Å²) in [5, 5.41) is 9.70. The molecule has 2 amide bonds. The second kappa shape index (κ2) is 13.2. The number of fused-ring (bicyclic) bond motifs is 1. The van der Waals surface area contributed by atoms with Gasteiger partial charge >= 0.3 is 0 Å². The predicted octanol–water partition coefficient (Wildman–Crippen LogP) is 4.27. The molecule has 264 valence electrons. The first kappa shape index (κ1) is 33.1. The van der Waals surface area contributed by atoms with Gasteiger partial charge in [-0.1, -0.05) is 36.4 Å². The van der Waals surface area contributed by atoms with Crippen LogP contribution in [0.25, 0.3) is 33.6 Å². The molecule has 6 heterocycles. The van der Waals surface area contributed by atoms with Crippen LogP contribution in [0.2, 0.25) is 0 Å². The Kier molecular flexibility index (Phi) is 8.59. The van der Waals surface area contributed by atoms with Gasteiger partial charge in [0.15, 0.2) is 0 Å². The summed E-state index contributed by atoms with van der Waals surface area (Å²) in [5.41, 5.74) is 9.44. The van der Waals surface area contributed by atoms with Crippen molar-refractivity contribution in [1.29, 1.82) is 0 Å². The van der Waals surface area contributed by atoms with Crippen molar-refractivity contribution >= 4 is 11.8 Å². The van der Waals surface area contributed by atoms with Gasteiger partial charge in [-0.25, -0.2) is 9.97 Å². The molecule has 0 radical (unpaired) electrons. The molecule has 3 N–H and O–H groups in total. The predicted molar refractivity (Wildman–Crippen MR) is 192 cm³/mol. The summed E-state index contributed by atoms with van der Waals surface area (Å²) in [6.07, 6.45) is 4.71. The molecular weight excluding hydrogens is 646 g/mol. The van der Waals surface area contributed by atoms with Gasteiger partial charge in [0.05, 0.1) is 48.9 Å². The lowest BCUT2D eigenvalue weighted by Gasteiger charge is -2.47. The molecule has 8 rings (SSSR count). The molecule has 1 spiro atoms. The fourth-order valence-corrected chi connectivity index (χ4v) is 8.13. The van der Waals surface area contributed by atoms with Crippen LogP contribution < -0.4 is 30.2 Å². The molecule has 0 bridgehead atoms. The zero-order valence-corrected chi connectivity index (χ0v) is 29.5. The smallest absolute Gasteiger partial charge is 0.237 e. The van der Waals surface area contributed by atoms with Crippen molar-refractivity contribution in [2.24, 2.45) is 0 Å². The van der Waals surface area contributed by atoms with Crippen LogP contribution in [-0.4, -0.2) is 83.7 Å². The standard InChI is InChI=1S/C39H43N7O5/c1-22-25(7-5-9-27(22)29-15-33-36(38(43-29)50-4)32(19-51-33)40-16-24-11-12-34(47)42-24)26-8-6-10-28(23(26)2)30-17-41-31(37(44-30)49-3)18-46-20-39(21-46)14-13-35(48)45-39/h5-10,15,17,24,32,40H,11-14,16,18-21H2,1-4H3,(H,42,47)(H,45,48). The number of rotatable bonds is 10. The number of methoxy groups -OCH3 is 2. The molecule has 4 aromatic rings. The molecule has 2 atom stereocenters. The van der Waals surface area contributed by atoms with E-state index in [9.17, 15) is 9.59 Å². The molecule has 3 fully saturated rings. The highest BCUT2D eigenvalue weighted by molar-refractivity contribution is 5.83. The van der Waals surface area contributed by atoms with Crippen molar-refractivity contribution in [3.8, 4) is 51.2 Å². The van der Waals surface area contributed by atoms with Crippen molar-refractivity contribution in [1.82, 2.24) is 35.8 Å². The van der Waals surface area contributed by atoms with E-state index >= 15 is 0 Å². The van der Waals surface area contributed by atoms with Crippen molar-refractivity contribution in [2.45, 2.75) is 63.7 Å². The largest absolute Gasteiger partial charge is 0.491 e. The first-order valence-electron chi connectivity index (χ1n) is 17.6. The van der Waals surface area contributed by atoms with E-state index < -0.39 is 0 Å². The van der Waals surface area contributed by atoms with Crippen LogP contribution in [0.3, 0.4) is 0 Å². The van der Waals surface area contributed by atoms with Crippen LogP contribution >= 0.6 is 0 Å². The summed E-state index contributed by atoms with van der Waals surface area (Å²) in [6, 6.07) is 14.6. The third-order valence-corrected chi connectivity index (χ3v) is 10.8. The number of amides is 2. The van der Waals surface area contributed by atoms with Crippen LogP contribution in [0.5, 0.6) is 17.5 Å². The lowest BCUT2D eigenvalue weighted by molar-refractivity contribution is -0.121. The average molecular weight is 690 g/mol. The Morgan fingerprint density at radius 3 is 2.25 bits per heavy atom. The summed E-state index contributed by atoms with van der Waals surface area (Å²) in [5.74, 6) is 2.04. The second-order valence-corrected chi connectivity index (χ2v) is 14.1. The number of pyridine rings is 1. The maximum absolute atomic E-state index is 11.8. The van der Waals surface area contributed by atoms with Crippen LogP contribution in [0.15, 0.2) is 48.7 Å². The number of likely N-dealkylation sites (tertiary alicyclic amines) is 1. The molecule has 12 nitrogen and oxygen atoms in total. The first-order chi connectivity index (χ1) is 24.7. The Bertz CT molecular complexity index is 2030. The van der Waals surface area contributed by atoms with Crippen molar-refractivity contribution in [3.63, 3.8) is 0 Å². The number of benzene rings is 2. The quantitative estimate of drug-likeness (QED) is 0.221. The maximum atomic E-state index is 11.8. The molecule has 4 aliphatic rings. The normalized spacial score (nSPS) is 20.5. The summed E-state index contributed by atoms with van der Waals surface area (Å²) >= 11 is 0. The van der Waals surface area contributed by atoms with E-state index in [2.05, 4.69) is 71.1 Å². The van der Waals surface area contributed by atoms with E-state index in [4.69, 9.17) is 29.2 Å². The van der Waals surface area contributed by atoms with E-state index in [-0.39, 0.29) is 29.4 Å². The lowest BCUT2D eigenvalue weighted by atomic mass is 9.88.